The van der Waals surface area contributed by atoms with Gasteiger partial charge in [0.2, 0.25) is 5.88 Å². The van der Waals surface area contributed by atoms with E-state index in [4.69, 9.17) is 10.00 Å². The molecule has 2 aromatic rings. The second-order valence-electron chi connectivity index (χ2n) is 3.97. The number of aryl methyl sites for hydroxylation is 2. The second-order valence-corrected chi connectivity index (χ2v) is 4.83. The van der Waals surface area contributed by atoms with Gasteiger partial charge in [0.25, 0.3) is 5.69 Å². The molecular weight excluding hydrogens is 328 g/mol. The zero-order valence-electron chi connectivity index (χ0n) is 10.6. The van der Waals surface area contributed by atoms with Crippen molar-refractivity contribution in [3.05, 3.63) is 44.0 Å². The van der Waals surface area contributed by atoms with Crippen LogP contribution in [0.25, 0.3) is 0 Å². The monoisotopic (exact) mass is 336 g/mol. The van der Waals surface area contributed by atoms with Gasteiger partial charge < -0.3 is 4.74 Å². The number of non-ortho nitro benzene ring substituents is 1. The van der Waals surface area contributed by atoms with E-state index in [1.807, 2.05) is 6.07 Å². The van der Waals surface area contributed by atoms with Crippen molar-refractivity contribution in [1.29, 1.82) is 5.26 Å². The summed E-state index contributed by atoms with van der Waals surface area (Å²) in [5.41, 5.74) is 0.734. The molecule has 0 saturated carbocycles. The lowest BCUT2D eigenvalue weighted by Gasteiger charge is -2.07. The lowest BCUT2D eigenvalue weighted by atomic mass is 10.3. The van der Waals surface area contributed by atoms with Crippen LogP contribution in [0.5, 0.6) is 11.6 Å². The number of nitro groups is 1. The summed E-state index contributed by atoms with van der Waals surface area (Å²) < 4.78 is 7.56. The predicted octanol–water partition coefficient (Wildman–Crippen LogP) is 3.06. The van der Waals surface area contributed by atoms with Crippen molar-refractivity contribution in [2.45, 2.75) is 6.92 Å². The van der Waals surface area contributed by atoms with E-state index in [1.54, 1.807) is 14.0 Å². The van der Waals surface area contributed by atoms with Crippen LogP contribution in [0.2, 0.25) is 0 Å². The van der Waals surface area contributed by atoms with Gasteiger partial charge in [-0.1, -0.05) is 0 Å². The lowest BCUT2D eigenvalue weighted by Crippen LogP contribution is -1.97. The number of nitrogens with zero attached hydrogens (tertiary/aromatic N) is 4. The van der Waals surface area contributed by atoms with E-state index in [0.717, 1.165) is 0 Å². The highest BCUT2D eigenvalue weighted by atomic mass is 79.9. The second kappa shape index (κ2) is 5.30. The number of aromatic nitrogens is 2. The molecule has 1 heterocycles. The van der Waals surface area contributed by atoms with Crippen LogP contribution in [-0.4, -0.2) is 14.7 Å². The summed E-state index contributed by atoms with van der Waals surface area (Å²) in [6, 6.07) is 6.16. The number of hydrogen-bond acceptors (Lipinski definition) is 5. The van der Waals surface area contributed by atoms with E-state index < -0.39 is 4.92 Å². The van der Waals surface area contributed by atoms with Gasteiger partial charge in [0.1, 0.15) is 11.6 Å². The number of ether oxygens (including phenoxy) is 1. The molecule has 0 radical (unpaired) electrons. The fourth-order valence-electron chi connectivity index (χ4n) is 1.67. The molecule has 7 nitrogen and oxygen atoms in total. The van der Waals surface area contributed by atoms with Crippen LogP contribution in [0.1, 0.15) is 11.3 Å². The third kappa shape index (κ3) is 2.48. The molecular formula is C12H9BrN4O3. The zero-order valence-corrected chi connectivity index (χ0v) is 12.2. The Bertz CT molecular complexity index is 733. The quantitative estimate of drug-likeness (QED) is 0.634. The maximum atomic E-state index is 10.8. The third-order valence-electron chi connectivity index (χ3n) is 2.61. The van der Waals surface area contributed by atoms with Crippen molar-refractivity contribution in [3.8, 4) is 17.7 Å². The topological polar surface area (TPSA) is 94.0 Å². The summed E-state index contributed by atoms with van der Waals surface area (Å²) in [4.78, 5) is 10.3. The Morgan fingerprint density at radius 3 is 2.85 bits per heavy atom. The predicted molar refractivity (Wildman–Crippen MR) is 73.5 cm³/mol. The first-order valence-corrected chi connectivity index (χ1v) is 6.29. The fraction of sp³-hybridized carbons (Fsp3) is 0.167. The van der Waals surface area contributed by atoms with Crippen LogP contribution >= 0.6 is 15.9 Å². The summed E-state index contributed by atoms with van der Waals surface area (Å²) in [6.45, 7) is 1.69. The van der Waals surface area contributed by atoms with Gasteiger partial charge >= 0.3 is 0 Å². The van der Waals surface area contributed by atoms with E-state index in [-0.39, 0.29) is 17.3 Å². The van der Waals surface area contributed by atoms with E-state index in [2.05, 4.69) is 21.0 Å². The van der Waals surface area contributed by atoms with Gasteiger partial charge in [0.05, 0.1) is 21.2 Å². The van der Waals surface area contributed by atoms with Crippen molar-refractivity contribution in [1.82, 2.24) is 9.78 Å². The fourth-order valence-corrected chi connectivity index (χ4v) is 2.00. The zero-order chi connectivity index (χ0) is 14.9. The minimum atomic E-state index is -0.515. The normalized spacial score (nSPS) is 10.1. The Morgan fingerprint density at radius 1 is 1.55 bits per heavy atom. The lowest BCUT2D eigenvalue weighted by molar-refractivity contribution is -0.384. The highest BCUT2D eigenvalue weighted by molar-refractivity contribution is 9.10. The Labute approximate surface area is 122 Å². The van der Waals surface area contributed by atoms with Gasteiger partial charge in [0.15, 0.2) is 5.75 Å². The van der Waals surface area contributed by atoms with Crippen LogP contribution < -0.4 is 4.74 Å². The Hall–Kier alpha value is -2.40. The maximum Gasteiger partial charge on any atom is 0.273 e. The van der Waals surface area contributed by atoms with Crippen LogP contribution in [0.4, 0.5) is 5.69 Å². The standard InChI is InChI=1S/C12H9BrN4O3/c1-7-9(6-14)12(16(2)15-7)20-11-5-8(17(18)19)3-4-10(11)13/h3-5H,1-2H3. The number of nitriles is 1. The molecule has 0 unspecified atom stereocenters. The van der Waals surface area contributed by atoms with E-state index in [1.165, 1.54) is 22.9 Å². The average molecular weight is 337 g/mol. The van der Waals surface area contributed by atoms with Crippen molar-refractivity contribution >= 4 is 21.6 Å². The van der Waals surface area contributed by atoms with Crippen LogP contribution in [0.15, 0.2) is 22.7 Å². The minimum absolute atomic E-state index is 0.0967. The summed E-state index contributed by atoms with van der Waals surface area (Å²) in [5, 5.41) is 24.0. The minimum Gasteiger partial charge on any atom is -0.436 e. The van der Waals surface area contributed by atoms with Crippen molar-refractivity contribution < 1.29 is 9.66 Å². The molecule has 20 heavy (non-hydrogen) atoms. The first kappa shape index (κ1) is 14.0. The molecule has 0 aliphatic rings. The molecule has 0 spiro atoms. The van der Waals surface area contributed by atoms with Crippen LogP contribution in [0.3, 0.4) is 0 Å². The molecule has 8 heteroatoms. The number of hydrogen-bond donors (Lipinski definition) is 0. The van der Waals surface area contributed by atoms with Crippen LogP contribution in [0, 0.1) is 28.4 Å². The van der Waals surface area contributed by atoms with E-state index >= 15 is 0 Å². The van der Waals surface area contributed by atoms with Gasteiger partial charge in [-0.2, -0.15) is 10.4 Å². The van der Waals surface area contributed by atoms with Gasteiger partial charge in [-0.3, -0.25) is 10.1 Å². The SMILES string of the molecule is Cc1nn(C)c(Oc2cc([N+](=O)[O-])ccc2Br)c1C#N. The maximum absolute atomic E-state index is 10.8. The number of rotatable bonds is 3. The molecule has 1 aromatic heterocycles. The summed E-state index contributed by atoms with van der Waals surface area (Å²) in [7, 11) is 1.63. The highest BCUT2D eigenvalue weighted by Gasteiger charge is 2.18. The summed E-state index contributed by atoms with van der Waals surface area (Å²) >= 11 is 3.25. The molecule has 0 bridgehead atoms. The summed E-state index contributed by atoms with van der Waals surface area (Å²) in [6.07, 6.45) is 0. The molecule has 102 valence electrons. The Morgan fingerprint density at radius 2 is 2.25 bits per heavy atom. The van der Waals surface area contributed by atoms with Gasteiger partial charge in [-0.25, -0.2) is 4.68 Å². The third-order valence-corrected chi connectivity index (χ3v) is 3.27. The largest absolute Gasteiger partial charge is 0.436 e. The molecule has 0 aliphatic heterocycles. The molecule has 0 atom stereocenters. The molecule has 0 N–H and O–H groups in total. The average Bonchev–Trinajstić information content (AvgIpc) is 2.66. The van der Waals surface area contributed by atoms with E-state index in [0.29, 0.717) is 15.7 Å². The first-order valence-electron chi connectivity index (χ1n) is 5.49. The van der Waals surface area contributed by atoms with E-state index in [9.17, 15) is 10.1 Å². The number of benzene rings is 1. The molecule has 1 aromatic carbocycles. The molecule has 2 rings (SSSR count). The van der Waals surface area contributed by atoms with Crippen LogP contribution in [-0.2, 0) is 7.05 Å². The summed E-state index contributed by atoms with van der Waals surface area (Å²) in [5.74, 6) is 0.491. The molecule has 0 saturated heterocycles. The molecule has 0 fully saturated rings. The number of nitro benzene ring substituents is 1. The van der Waals surface area contributed by atoms with Gasteiger partial charge in [-0.15, -0.1) is 0 Å². The smallest absolute Gasteiger partial charge is 0.273 e. The Kier molecular flexibility index (Phi) is 3.72. The van der Waals surface area contributed by atoms with Crippen molar-refractivity contribution in [2.24, 2.45) is 7.05 Å². The highest BCUT2D eigenvalue weighted by Crippen LogP contribution is 2.34. The number of halogens is 1. The van der Waals surface area contributed by atoms with Gasteiger partial charge in [0, 0.05) is 13.1 Å². The Balaban J connectivity index is 2.48. The van der Waals surface area contributed by atoms with Crippen molar-refractivity contribution in [3.63, 3.8) is 0 Å². The first-order chi connectivity index (χ1) is 9.43. The molecule has 0 aliphatic carbocycles. The van der Waals surface area contributed by atoms with Gasteiger partial charge in [-0.05, 0) is 28.9 Å². The van der Waals surface area contributed by atoms with Crippen molar-refractivity contribution in [2.75, 3.05) is 0 Å². The molecule has 0 amide bonds.